The second kappa shape index (κ2) is 7.46. The Balaban J connectivity index is 1.31. The highest BCUT2D eigenvalue weighted by molar-refractivity contribution is 5.96. The van der Waals surface area contributed by atoms with Gasteiger partial charge in [0.05, 0.1) is 11.5 Å². The maximum absolute atomic E-state index is 12.6. The van der Waals surface area contributed by atoms with E-state index < -0.39 is 5.97 Å². The molecule has 0 unspecified atom stereocenters. The zero-order chi connectivity index (χ0) is 19.7. The van der Waals surface area contributed by atoms with E-state index in [2.05, 4.69) is 17.4 Å². The van der Waals surface area contributed by atoms with Crippen molar-refractivity contribution < 1.29 is 19.5 Å². The fraction of sp³-hybridized carbons (Fsp3) is 0.318. The number of amides is 2. The lowest BCUT2D eigenvalue weighted by atomic mass is 10.1. The standard InChI is InChI=1S/C22H22N2O4/c25-20(23-19-12-18(19)14-4-2-1-3-5-14)17-10-11-24(13-17)21(26)15-6-8-16(9-7-15)22(27)28/h1-9,17-19H,10-13H2,(H,23,25)(H,27,28)/t17-,18+,19-/m0/s1. The molecule has 1 saturated heterocycles. The number of nitrogens with one attached hydrogen (secondary N) is 1. The summed E-state index contributed by atoms with van der Waals surface area (Å²) in [5, 5.41) is 12.1. The third-order valence-electron chi connectivity index (χ3n) is 5.57. The maximum atomic E-state index is 12.6. The topological polar surface area (TPSA) is 86.7 Å². The first-order valence-corrected chi connectivity index (χ1v) is 9.51. The van der Waals surface area contributed by atoms with Gasteiger partial charge in [0, 0.05) is 30.6 Å². The molecular weight excluding hydrogens is 356 g/mol. The molecule has 28 heavy (non-hydrogen) atoms. The van der Waals surface area contributed by atoms with Crippen LogP contribution in [0.5, 0.6) is 0 Å². The molecule has 2 N–H and O–H groups in total. The van der Waals surface area contributed by atoms with Crippen LogP contribution in [0.1, 0.15) is 45.0 Å². The monoisotopic (exact) mass is 378 g/mol. The van der Waals surface area contributed by atoms with Crippen molar-refractivity contribution in [1.29, 1.82) is 0 Å². The molecule has 6 heteroatoms. The van der Waals surface area contributed by atoms with Crippen LogP contribution in [0.4, 0.5) is 0 Å². The SMILES string of the molecule is O=C(O)c1ccc(C(=O)N2CC[C@H](C(=O)N[C@H]3C[C@@H]3c3ccccc3)C2)cc1. The van der Waals surface area contributed by atoms with Crippen molar-refractivity contribution in [3.8, 4) is 0 Å². The summed E-state index contributed by atoms with van der Waals surface area (Å²) in [6.07, 6.45) is 1.61. The number of carboxylic acids is 1. The summed E-state index contributed by atoms with van der Waals surface area (Å²) in [5.74, 6) is -0.983. The van der Waals surface area contributed by atoms with E-state index in [1.54, 1.807) is 4.90 Å². The van der Waals surface area contributed by atoms with Gasteiger partial charge in [0.25, 0.3) is 5.91 Å². The molecule has 144 valence electrons. The quantitative estimate of drug-likeness (QED) is 0.837. The van der Waals surface area contributed by atoms with Crippen molar-refractivity contribution in [2.45, 2.75) is 24.8 Å². The number of benzene rings is 2. The number of likely N-dealkylation sites (tertiary alicyclic amines) is 1. The molecule has 6 nitrogen and oxygen atoms in total. The summed E-state index contributed by atoms with van der Waals surface area (Å²) in [5.41, 5.74) is 1.84. The van der Waals surface area contributed by atoms with Crippen molar-refractivity contribution in [2.75, 3.05) is 13.1 Å². The Kier molecular flexibility index (Phi) is 4.86. The average molecular weight is 378 g/mol. The molecule has 2 aliphatic rings. The van der Waals surface area contributed by atoms with Gasteiger partial charge in [-0.15, -0.1) is 0 Å². The molecule has 0 aromatic heterocycles. The lowest BCUT2D eigenvalue weighted by Crippen LogP contribution is -2.36. The van der Waals surface area contributed by atoms with Crippen molar-refractivity contribution in [2.24, 2.45) is 5.92 Å². The smallest absolute Gasteiger partial charge is 0.335 e. The van der Waals surface area contributed by atoms with Gasteiger partial charge in [0.2, 0.25) is 5.91 Å². The predicted octanol–water partition coefficient (Wildman–Crippen LogP) is 2.52. The Morgan fingerprint density at radius 3 is 2.32 bits per heavy atom. The summed E-state index contributed by atoms with van der Waals surface area (Å²) in [7, 11) is 0. The van der Waals surface area contributed by atoms with E-state index in [1.807, 2.05) is 18.2 Å². The number of carboxylic acid groups (broad SMARTS) is 1. The number of nitrogens with zero attached hydrogens (tertiary/aromatic N) is 1. The fourth-order valence-corrected chi connectivity index (χ4v) is 3.82. The van der Waals surface area contributed by atoms with Crippen LogP contribution in [0.3, 0.4) is 0 Å². The molecule has 4 rings (SSSR count). The molecule has 2 amide bonds. The second-order valence-corrected chi connectivity index (χ2v) is 7.49. The Labute approximate surface area is 163 Å². The number of aromatic carboxylic acids is 1. The van der Waals surface area contributed by atoms with E-state index in [-0.39, 0.29) is 29.3 Å². The van der Waals surface area contributed by atoms with Gasteiger partial charge in [-0.3, -0.25) is 9.59 Å². The van der Waals surface area contributed by atoms with Crippen LogP contribution in [0.25, 0.3) is 0 Å². The van der Waals surface area contributed by atoms with Gasteiger partial charge in [0.15, 0.2) is 0 Å². The number of hydrogen-bond acceptors (Lipinski definition) is 3. The average Bonchev–Trinajstić information content (AvgIpc) is 3.30. The second-order valence-electron chi connectivity index (χ2n) is 7.49. The molecule has 1 saturated carbocycles. The van der Waals surface area contributed by atoms with Gasteiger partial charge in [-0.05, 0) is 42.7 Å². The third-order valence-corrected chi connectivity index (χ3v) is 5.57. The fourth-order valence-electron chi connectivity index (χ4n) is 3.82. The highest BCUT2D eigenvalue weighted by Crippen LogP contribution is 2.40. The van der Waals surface area contributed by atoms with Crippen molar-refractivity contribution in [1.82, 2.24) is 10.2 Å². The Hall–Kier alpha value is -3.15. The van der Waals surface area contributed by atoms with E-state index in [0.29, 0.717) is 31.0 Å². The minimum atomic E-state index is -1.02. The van der Waals surface area contributed by atoms with Gasteiger partial charge in [-0.25, -0.2) is 4.79 Å². The first kappa shape index (κ1) is 18.2. The Morgan fingerprint density at radius 1 is 0.964 bits per heavy atom. The highest BCUT2D eigenvalue weighted by atomic mass is 16.4. The summed E-state index contributed by atoms with van der Waals surface area (Å²) >= 11 is 0. The van der Waals surface area contributed by atoms with Gasteiger partial charge in [0.1, 0.15) is 0 Å². The van der Waals surface area contributed by atoms with Crippen LogP contribution in [-0.2, 0) is 4.79 Å². The molecule has 2 aromatic carbocycles. The minimum Gasteiger partial charge on any atom is -0.478 e. The third kappa shape index (κ3) is 3.76. The number of hydrogen-bond donors (Lipinski definition) is 2. The minimum absolute atomic E-state index is 0.0138. The van der Waals surface area contributed by atoms with Crippen LogP contribution in [0.15, 0.2) is 54.6 Å². The predicted molar refractivity (Wildman–Crippen MR) is 103 cm³/mol. The number of carbonyl (C=O) groups excluding carboxylic acids is 2. The molecule has 0 bridgehead atoms. The summed E-state index contributed by atoms with van der Waals surface area (Å²) in [6, 6.07) is 16.2. The Morgan fingerprint density at radius 2 is 1.64 bits per heavy atom. The zero-order valence-corrected chi connectivity index (χ0v) is 15.4. The van der Waals surface area contributed by atoms with E-state index in [1.165, 1.54) is 29.8 Å². The normalized spacial score (nSPS) is 23.3. The van der Waals surface area contributed by atoms with Crippen LogP contribution < -0.4 is 5.32 Å². The van der Waals surface area contributed by atoms with Gasteiger partial charge in [-0.1, -0.05) is 30.3 Å². The zero-order valence-electron chi connectivity index (χ0n) is 15.4. The molecule has 1 aliphatic carbocycles. The van der Waals surface area contributed by atoms with Crippen LogP contribution in [0, 0.1) is 5.92 Å². The van der Waals surface area contributed by atoms with Crippen molar-refractivity contribution >= 4 is 17.8 Å². The Bertz CT molecular complexity index is 895. The summed E-state index contributed by atoms with van der Waals surface area (Å²) in [6.45, 7) is 0.929. The number of carbonyl (C=O) groups is 3. The molecule has 0 radical (unpaired) electrons. The van der Waals surface area contributed by atoms with Gasteiger partial charge in [-0.2, -0.15) is 0 Å². The lowest BCUT2D eigenvalue weighted by Gasteiger charge is -2.17. The molecular formula is C22H22N2O4. The molecule has 2 fully saturated rings. The first-order chi connectivity index (χ1) is 13.5. The van der Waals surface area contributed by atoms with Gasteiger partial charge >= 0.3 is 5.97 Å². The molecule has 0 spiro atoms. The largest absolute Gasteiger partial charge is 0.478 e. The molecule has 2 aromatic rings. The van der Waals surface area contributed by atoms with Crippen LogP contribution in [0.2, 0.25) is 0 Å². The van der Waals surface area contributed by atoms with E-state index in [0.717, 1.165) is 6.42 Å². The summed E-state index contributed by atoms with van der Waals surface area (Å²) < 4.78 is 0. The first-order valence-electron chi connectivity index (χ1n) is 9.51. The van der Waals surface area contributed by atoms with Crippen LogP contribution in [-0.4, -0.2) is 46.9 Å². The van der Waals surface area contributed by atoms with E-state index >= 15 is 0 Å². The summed E-state index contributed by atoms with van der Waals surface area (Å²) in [4.78, 5) is 37.8. The maximum Gasteiger partial charge on any atom is 0.335 e. The lowest BCUT2D eigenvalue weighted by molar-refractivity contribution is -0.124. The van der Waals surface area contributed by atoms with E-state index in [4.69, 9.17) is 5.11 Å². The number of rotatable bonds is 5. The van der Waals surface area contributed by atoms with Crippen LogP contribution >= 0.6 is 0 Å². The van der Waals surface area contributed by atoms with Crippen molar-refractivity contribution in [3.63, 3.8) is 0 Å². The molecule has 1 heterocycles. The van der Waals surface area contributed by atoms with E-state index in [9.17, 15) is 14.4 Å². The highest BCUT2D eigenvalue weighted by Gasteiger charge is 2.41. The van der Waals surface area contributed by atoms with Gasteiger partial charge < -0.3 is 15.3 Å². The van der Waals surface area contributed by atoms with Crippen molar-refractivity contribution in [3.05, 3.63) is 71.3 Å². The molecule has 1 aliphatic heterocycles. The molecule has 3 atom stereocenters.